The first-order valence-electron chi connectivity index (χ1n) is 12.2. The Hall–Kier alpha value is -3.93. The molecule has 0 spiro atoms. The summed E-state index contributed by atoms with van der Waals surface area (Å²) in [6.45, 7) is 2.33. The van der Waals surface area contributed by atoms with Gasteiger partial charge in [0.25, 0.3) is 0 Å². The number of benzene rings is 3. The molecule has 1 aromatic heterocycles. The molecule has 0 radical (unpaired) electrons. The molecule has 0 bridgehead atoms. The Morgan fingerprint density at radius 1 is 0.657 bits per heavy atom. The Labute approximate surface area is 204 Å². The van der Waals surface area contributed by atoms with Crippen molar-refractivity contribution >= 4 is 33.6 Å². The highest BCUT2D eigenvalue weighted by molar-refractivity contribution is 5.94. The molecule has 1 aliphatic rings. The summed E-state index contributed by atoms with van der Waals surface area (Å²) in [5.74, 6) is 0.158. The van der Waals surface area contributed by atoms with Crippen LogP contribution in [0.2, 0.25) is 0 Å². The molecule has 178 valence electrons. The van der Waals surface area contributed by atoms with Crippen molar-refractivity contribution in [3.63, 3.8) is 0 Å². The number of aryl methyl sites for hydroxylation is 1. The van der Waals surface area contributed by atoms with Crippen molar-refractivity contribution in [3.8, 4) is 0 Å². The monoisotopic (exact) mass is 467 g/mol. The topological polar surface area (TPSA) is 62.6 Å². The molecular formula is C29H29N3O3. The number of aromatic nitrogens is 1. The molecule has 1 fully saturated rings. The number of carbonyl (C=O) groups is 2. The summed E-state index contributed by atoms with van der Waals surface area (Å²) in [4.78, 5) is 42.6. The SMILES string of the molecule is O=C(CCCc1ccccc1)N1CCN(C(=O)Cn2c3ccccc3c(=O)c3ccccc32)CC1. The first-order valence-corrected chi connectivity index (χ1v) is 12.2. The molecule has 2 amide bonds. The minimum Gasteiger partial charge on any atom is -0.339 e. The second-order valence-electron chi connectivity index (χ2n) is 9.05. The van der Waals surface area contributed by atoms with E-state index >= 15 is 0 Å². The van der Waals surface area contributed by atoms with Crippen LogP contribution >= 0.6 is 0 Å². The van der Waals surface area contributed by atoms with Crippen LogP contribution in [0.3, 0.4) is 0 Å². The van der Waals surface area contributed by atoms with Crippen molar-refractivity contribution in [1.29, 1.82) is 0 Å². The lowest BCUT2D eigenvalue weighted by Crippen LogP contribution is -2.51. The molecule has 6 nitrogen and oxygen atoms in total. The summed E-state index contributed by atoms with van der Waals surface area (Å²) in [6.07, 6.45) is 2.25. The minimum atomic E-state index is -0.0145. The number of pyridine rings is 1. The van der Waals surface area contributed by atoms with E-state index < -0.39 is 0 Å². The highest BCUT2D eigenvalue weighted by Gasteiger charge is 2.24. The molecule has 35 heavy (non-hydrogen) atoms. The number of rotatable bonds is 6. The van der Waals surface area contributed by atoms with Gasteiger partial charge in [-0.3, -0.25) is 14.4 Å². The average molecular weight is 468 g/mol. The molecule has 1 aliphatic heterocycles. The van der Waals surface area contributed by atoms with Crippen LogP contribution in [0.25, 0.3) is 21.8 Å². The summed E-state index contributed by atoms with van der Waals surface area (Å²) in [7, 11) is 0. The van der Waals surface area contributed by atoms with Crippen molar-refractivity contribution in [2.75, 3.05) is 26.2 Å². The molecule has 5 rings (SSSR count). The lowest BCUT2D eigenvalue weighted by atomic mass is 10.1. The molecule has 3 aromatic carbocycles. The Morgan fingerprint density at radius 3 is 1.77 bits per heavy atom. The van der Waals surface area contributed by atoms with E-state index in [2.05, 4.69) is 12.1 Å². The molecule has 2 heterocycles. The van der Waals surface area contributed by atoms with Crippen molar-refractivity contribution < 1.29 is 9.59 Å². The van der Waals surface area contributed by atoms with Crippen molar-refractivity contribution in [2.45, 2.75) is 25.8 Å². The fraction of sp³-hybridized carbons (Fsp3) is 0.276. The summed E-state index contributed by atoms with van der Waals surface area (Å²) in [6, 6.07) is 25.1. The van der Waals surface area contributed by atoms with E-state index in [9.17, 15) is 14.4 Å². The summed E-state index contributed by atoms with van der Waals surface area (Å²) in [5, 5.41) is 1.23. The minimum absolute atomic E-state index is 0.000122. The number of para-hydroxylation sites is 2. The zero-order valence-electron chi connectivity index (χ0n) is 19.7. The van der Waals surface area contributed by atoms with Gasteiger partial charge in [0.1, 0.15) is 6.54 Å². The van der Waals surface area contributed by atoms with Crippen LogP contribution in [0.4, 0.5) is 0 Å². The molecule has 0 unspecified atom stereocenters. The first kappa shape index (κ1) is 22.8. The third-order valence-corrected chi connectivity index (χ3v) is 6.86. The standard InChI is InChI=1S/C29H29N3O3/c33-27(16-8-11-22-9-2-1-3-10-22)30-17-19-31(20-18-30)28(34)21-32-25-14-6-4-12-23(25)29(35)24-13-5-7-15-26(24)32/h1-7,9-10,12-15H,8,11,16-21H2. The zero-order chi connectivity index (χ0) is 24.2. The molecule has 0 saturated carbocycles. The van der Waals surface area contributed by atoms with Gasteiger partial charge in [0.2, 0.25) is 11.8 Å². The number of carbonyl (C=O) groups excluding carboxylic acids is 2. The van der Waals surface area contributed by atoms with Gasteiger partial charge in [0, 0.05) is 43.4 Å². The normalized spacial score (nSPS) is 13.9. The van der Waals surface area contributed by atoms with Gasteiger partial charge in [0.15, 0.2) is 5.43 Å². The van der Waals surface area contributed by atoms with Gasteiger partial charge in [-0.2, -0.15) is 0 Å². The number of hydrogen-bond acceptors (Lipinski definition) is 3. The van der Waals surface area contributed by atoms with Crippen LogP contribution in [0.1, 0.15) is 18.4 Å². The Morgan fingerprint density at radius 2 is 1.17 bits per heavy atom. The third kappa shape index (κ3) is 4.83. The van der Waals surface area contributed by atoms with Gasteiger partial charge < -0.3 is 14.4 Å². The fourth-order valence-corrected chi connectivity index (χ4v) is 4.93. The maximum absolute atomic E-state index is 13.3. The van der Waals surface area contributed by atoms with Crippen molar-refractivity contribution in [2.24, 2.45) is 0 Å². The zero-order valence-corrected chi connectivity index (χ0v) is 19.7. The largest absolute Gasteiger partial charge is 0.339 e. The number of nitrogens with zero attached hydrogens (tertiary/aromatic N) is 3. The molecule has 0 N–H and O–H groups in total. The van der Waals surface area contributed by atoms with Crippen LogP contribution in [-0.2, 0) is 22.6 Å². The van der Waals surface area contributed by atoms with E-state index in [0.29, 0.717) is 43.4 Å². The van der Waals surface area contributed by atoms with E-state index in [1.165, 1.54) is 5.56 Å². The maximum atomic E-state index is 13.3. The average Bonchev–Trinajstić information content (AvgIpc) is 2.91. The maximum Gasteiger partial charge on any atom is 0.242 e. The van der Waals surface area contributed by atoms with E-state index in [-0.39, 0.29) is 23.8 Å². The number of hydrogen-bond donors (Lipinski definition) is 0. The summed E-state index contributed by atoms with van der Waals surface area (Å²) in [5.41, 5.74) is 2.76. The smallest absolute Gasteiger partial charge is 0.242 e. The highest BCUT2D eigenvalue weighted by Crippen LogP contribution is 2.20. The molecule has 0 aliphatic carbocycles. The lowest BCUT2D eigenvalue weighted by molar-refractivity contribution is -0.139. The fourth-order valence-electron chi connectivity index (χ4n) is 4.93. The van der Waals surface area contributed by atoms with Crippen molar-refractivity contribution in [1.82, 2.24) is 14.4 Å². The van der Waals surface area contributed by atoms with E-state index in [1.54, 1.807) is 0 Å². The summed E-state index contributed by atoms with van der Waals surface area (Å²) < 4.78 is 1.94. The molecule has 0 atom stereocenters. The predicted octanol–water partition coefficient (Wildman–Crippen LogP) is 3.85. The van der Waals surface area contributed by atoms with E-state index in [0.717, 1.165) is 23.9 Å². The van der Waals surface area contributed by atoms with Crippen LogP contribution < -0.4 is 5.43 Å². The van der Waals surface area contributed by atoms with Gasteiger partial charge in [0.05, 0.1) is 11.0 Å². The Bertz CT molecular complexity index is 1360. The Kier molecular flexibility index (Phi) is 6.62. The van der Waals surface area contributed by atoms with Crippen LogP contribution in [-0.4, -0.2) is 52.4 Å². The predicted molar refractivity (Wildman–Crippen MR) is 138 cm³/mol. The second kappa shape index (κ2) is 10.1. The van der Waals surface area contributed by atoms with E-state index in [4.69, 9.17) is 0 Å². The van der Waals surface area contributed by atoms with Crippen LogP contribution in [0, 0.1) is 0 Å². The highest BCUT2D eigenvalue weighted by atomic mass is 16.2. The van der Waals surface area contributed by atoms with Crippen LogP contribution in [0.5, 0.6) is 0 Å². The second-order valence-corrected chi connectivity index (χ2v) is 9.05. The van der Waals surface area contributed by atoms with E-state index in [1.807, 2.05) is 81.1 Å². The van der Waals surface area contributed by atoms with Gasteiger partial charge in [-0.05, 0) is 42.7 Å². The first-order chi connectivity index (χ1) is 17.1. The number of piperazine rings is 1. The van der Waals surface area contributed by atoms with Gasteiger partial charge in [-0.1, -0.05) is 54.6 Å². The number of fused-ring (bicyclic) bond motifs is 2. The molecule has 6 heteroatoms. The quantitative estimate of drug-likeness (QED) is 0.405. The third-order valence-electron chi connectivity index (χ3n) is 6.86. The van der Waals surface area contributed by atoms with Gasteiger partial charge in [-0.15, -0.1) is 0 Å². The molecular weight excluding hydrogens is 438 g/mol. The molecule has 4 aromatic rings. The van der Waals surface area contributed by atoms with Gasteiger partial charge in [-0.25, -0.2) is 0 Å². The van der Waals surface area contributed by atoms with Gasteiger partial charge >= 0.3 is 0 Å². The van der Waals surface area contributed by atoms with Crippen LogP contribution in [0.15, 0.2) is 83.7 Å². The summed E-state index contributed by atoms with van der Waals surface area (Å²) >= 11 is 0. The van der Waals surface area contributed by atoms with Crippen molar-refractivity contribution in [3.05, 3.63) is 94.6 Å². The Balaban J connectivity index is 1.23. The number of amides is 2. The lowest BCUT2D eigenvalue weighted by Gasteiger charge is -2.35. The molecule has 1 saturated heterocycles.